The fourth-order valence-electron chi connectivity index (χ4n) is 2.43. The molecule has 0 atom stereocenters. The summed E-state index contributed by atoms with van der Waals surface area (Å²) in [6, 6.07) is 5.91. The van der Waals surface area contributed by atoms with E-state index in [0.717, 1.165) is 28.7 Å². The van der Waals surface area contributed by atoms with Gasteiger partial charge < -0.3 is 0 Å². The molecular formula is C15H14N2O. The lowest BCUT2D eigenvalue weighted by molar-refractivity contribution is 0.104. The lowest BCUT2D eigenvalue weighted by Crippen LogP contribution is -1.94. The van der Waals surface area contributed by atoms with E-state index in [0.29, 0.717) is 0 Å². The maximum absolute atomic E-state index is 12.3. The van der Waals surface area contributed by atoms with Crippen LogP contribution in [0.1, 0.15) is 27.0 Å². The summed E-state index contributed by atoms with van der Waals surface area (Å²) in [6.45, 7) is 2.05. The van der Waals surface area contributed by atoms with Gasteiger partial charge in [0.1, 0.15) is 0 Å². The Morgan fingerprint density at radius 3 is 2.89 bits per heavy atom. The molecule has 0 unspecified atom stereocenters. The molecule has 3 rings (SSSR count). The Hall–Kier alpha value is -2.16. The standard InChI is InChI=1S/C15H14N2O/c1-10-4-3-5-13-14(10)7-12(15(13)18)6-11-8-16-17(2)9-11/h3-6,8-9H,7H2,1-2H3/b12-6+. The van der Waals surface area contributed by atoms with Crippen molar-refractivity contribution < 1.29 is 4.79 Å². The first kappa shape index (κ1) is 11.0. The highest BCUT2D eigenvalue weighted by atomic mass is 16.1. The van der Waals surface area contributed by atoms with Gasteiger partial charge in [0.2, 0.25) is 0 Å². The van der Waals surface area contributed by atoms with Crippen LogP contribution in [0.2, 0.25) is 0 Å². The number of allylic oxidation sites excluding steroid dienone is 1. The molecule has 0 aliphatic heterocycles. The molecule has 1 aromatic carbocycles. The number of carbonyl (C=O) groups excluding carboxylic acids is 1. The summed E-state index contributed by atoms with van der Waals surface area (Å²) >= 11 is 0. The Balaban J connectivity index is 2.02. The molecule has 1 aromatic heterocycles. The summed E-state index contributed by atoms with van der Waals surface area (Å²) in [5.41, 5.74) is 5.04. The maximum Gasteiger partial charge on any atom is 0.189 e. The number of aromatic nitrogens is 2. The average Bonchev–Trinajstić information content (AvgIpc) is 2.88. The number of Topliss-reactive ketones (excluding diaryl/α,β-unsaturated/α-hetero) is 1. The molecule has 18 heavy (non-hydrogen) atoms. The molecule has 0 amide bonds. The Bertz CT molecular complexity index is 665. The lowest BCUT2D eigenvalue weighted by Gasteiger charge is -1.99. The number of fused-ring (bicyclic) bond motifs is 1. The Kier molecular flexibility index (Phi) is 2.40. The number of nitrogens with zero attached hydrogens (tertiary/aromatic N) is 2. The van der Waals surface area contributed by atoms with E-state index in [2.05, 4.69) is 18.1 Å². The normalized spacial score (nSPS) is 16.3. The molecule has 0 saturated heterocycles. The smallest absolute Gasteiger partial charge is 0.189 e. The van der Waals surface area contributed by atoms with Crippen molar-refractivity contribution in [3.05, 3.63) is 58.4 Å². The molecule has 0 N–H and O–H groups in total. The quantitative estimate of drug-likeness (QED) is 0.716. The molecule has 90 valence electrons. The van der Waals surface area contributed by atoms with Crippen LogP contribution >= 0.6 is 0 Å². The van der Waals surface area contributed by atoms with Gasteiger partial charge in [0.15, 0.2) is 5.78 Å². The van der Waals surface area contributed by atoms with Crippen molar-refractivity contribution >= 4 is 11.9 Å². The van der Waals surface area contributed by atoms with Crippen LogP contribution in [0.15, 0.2) is 36.2 Å². The van der Waals surface area contributed by atoms with Gasteiger partial charge in [0, 0.05) is 36.4 Å². The zero-order valence-electron chi connectivity index (χ0n) is 10.5. The Morgan fingerprint density at radius 2 is 2.22 bits per heavy atom. The fourth-order valence-corrected chi connectivity index (χ4v) is 2.43. The summed E-state index contributed by atoms with van der Waals surface area (Å²) in [4.78, 5) is 12.3. The molecule has 0 fully saturated rings. The van der Waals surface area contributed by atoms with Gasteiger partial charge in [-0.25, -0.2) is 0 Å². The van der Waals surface area contributed by atoms with E-state index in [1.807, 2.05) is 31.5 Å². The van der Waals surface area contributed by atoms with Crippen LogP contribution < -0.4 is 0 Å². The monoisotopic (exact) mass is 238 g/mol. The summed E-state index contributed by atoms with van der Waals surface area (Å²) < 4.78 is 1.74. The molecule has 2 aromatic rings. The van der Waals surface area contributed by atoms with Crippen LogP contribution in [-0.2, 0) is 13.5 Å². The van der Waals surface area contributed by atoms with E-state index in [-0.39, 0.29) is 5.78 Å². The molecule has 1 aliphatic rings. The summed E-state index contributed by atoms with van der Waals surface area (Å²) in [7, 11) is 1.87. The van der Waals surface area contributed by atoms with Crippen molar-refractivity contribution in [1.82, 2.24) is 9.78 Å². The molecular weight excluding hydrogens is 224 g/mol. The molecule has 1 aliphatic carbocycles. The van der Waals surface area contributed by atoms with Gasteiger partial charge in [-0.05, 0) is 24.1 Å². The number of aryl methyl sites for hydroxylation is 2. The highest BCUT2D eigenvalue weighted by Crippen LogP contribution is 2.29. The minimum atomic E-state index is 0.151. The van der Waals surface area contributed by atoms with Gasteiger partial charge in [-0.2, -0.15) is 5.10 Å². The largest absolute Gasteiger partial charge is 0.289 e. The third-order valence-electron chi connectivity index (χ3n) is 3.38. The van der Waals surface area contributed by atoms with Gasteiger partial charge in [-0.3, -0.25) is 9.48 Å². The molecule has 3 nitrogen and oxygen atoms in total. The van der Waals surface area contributed by atoms with Crippen LogP contribution in [0.25, 0.3) is 6.08 Å². The van der Waals surface area contributed by atoms with E-state index in [4.69, 9.17) is 0 Å². The van der Waals surface area contributed by atoms with E-state index in [1.54, 1.807) is 10.9 Å². The van der Waals surface area contributed by atoms with Crippen molar-refractivity contribution in [2.75, 3.05) is 0 Å². The molecule has 0 bridgehead atoms. The zero-order valence-corrected chi connectivity index (χ0v) is 10.5. The molecule has 3 heteroatoms. The third-order valence-corrected chi connectivity index (χ3v) is 3.38. The topological polar surface area (TPSA) is 34.9 Å². The summed E-state index contributed by atoms with van der Waals surface area (Å²) in [5, 5.41) is 4.11. The van der Waals surface area contributed by atoms with Crippen LogP contribution in [0.3, 0.4) is 0 Å². The minimum Gasteiger partial charge on any atom is -0.289 e. The number of carbonyl (C=O) groups is 1. The zero-order chi connectivity index (χ0) is 12.7. The number of rotatable bonds is 1. The molecule has 0 radical (unpaired) electrons. The van der Waals surface area contributed by atoms with Crippen molar-refractivity contribution in [1.29, 1.82) is 0 Å². The summed E-state index contributed by atoms with van der Waals surface area (Å²) in [5.74, 6) is 0.151. The second-order valence-corrected chi connectivity index (χ2v) is 4.72. The first-order valence-corrected chi connectivity index (χ1v) is 5.97. The lowest BCUT2D eigenvalue weighted by atomic mass is 10.1. The van der Waals surface area contributed by atoms with Gasteiger partial charge in [0.05, 0.1) is 6.20 Å². The molecule has 0 saturated carbocycles. The van der Waals surface area contributed by atoms with E-state index in [9.17, 15) is 4.79 Å². The van der Waals surface area contributed by atoms with Crippen LogP contribution in [-0.4, -0.2) is 15.6 Å². The van der Waals surface area contributed by atoms with Gasteiger partial charge >= 0.3 is 0 Å². The van der Waals surface area contributed by atoms with Crippen molar-refractivity contribution in [2.24, 2.45) is 7.05 Å². The number of ketones is 1. The maximum atomic E-state index is 12.3. The number of hydrogen-bond donors (Lipinski definition) is 0. The van der Waals surface area contributed by atoms with Gasteiger partial charge in [-0.1, -0.05) is 18.2 Å². The van der Waals surface area contributed by atoms with Gasteiger partial charge in [-0.15, -0.1) is 0 Å². The Morgan fingerprint density at radius 1 is 1.39 bits per heavy atom. The predicted octanol–water partition coefficient (Wildman–Crippen LogP) is 2.55. The van der Waals surface area contributed by atoms with E-state index in [1.165, 1.54) is 5.56 Å². The van der Waals surface area contributed by atoms with Crippen molar-refractivity contribution in [2.45, 2.75) is 13.3 Å². The fraction of sp³-hybridized carbons (Fsp3) is 0.200. The molecule has 0 spiro atoms. The number of hydrogen-bond acceptors (Lipinski definition) is 2. The molecule has 1 heterocycles. The van der Waals surface area contributed by atoms with Crippen molar-refractivity contribution in [3.8, 4) is 0 Å². The van der Waals surface area contributed by atoms with Crippen molar-refractivity contribution in [3.63, 3.8) is 0 Å². The number of benzene rings is 1. The first-order chi connectivity index (χ1) is 8.65. The van der Waals surface area contributed by atoms with Crippen LogP contribution in [0.4, 0.5) is 0 Å². The predicted molar refractivity (Wildman–Crippen MR) is 70.4 cm³/mol. The van der Waals surface area contributed by atoms with E-state index >= 15 is 0 Å². The Labute approximate surface area is 106 Å². The first-order valence-electron chi connectivity index (χ1n) is 5.97. The van der Waals surface area contributed by atoms with E-state index < -0.39 is 0 Å². The summed E-state index contributed by atoms with van der Waals surface area (Å²) in [6.07, 6.45) is 6.36. The highest BCUT2D eigenvalue weighted by molar-refractivity contribution is 6.15. The van der Waals surface area contributed by atoms with Crippen LogP contribution in [0.5, 0.6) is 0 Å². The van der Waals surface area contributed by atoms with Crippen LogP contribution in [0, 0.1) is 6.92 Å². The SMILES string of the molecule is Cc1cccc2c1C/C(=C\c1cnn(C)c1)C2=O. The third kappa shape index (κ3) is 1.68. The minimum absolute atomic E-state index is 0.151. The highest BCUT2D eigenvalue weighted by Gasteiger charge is 2.25. The van der Waals surface area contributed by atoms with Gasteiger partial charge in [0.25, 0.3) is 0 Å². The second-order valence-electron chi connectivity index (χ2n) is 4.72. The average molecular weight is 238 g/mol. The second kappa shape index (κ2) is 3.95.